The maximum Gasteiger partial charge on any atom is 0.0559 e. The number of piperazine rings is 1. The molecule has 0 unspecified atom stereocenters. The van der Waals surface area contributed by atoms with Crippen LogP contribution in [0.5, 0.6) is 0 Å². The molecule has 2 atom stereocenters. The molecule has 18 heavy (non-hydrogen) atoms. The normalized spacial score (nSPS) is 23.9. The van der Waals surface area contributed by atoms with E-state index in [0.29, 0.717) is 18.6 Å². The predicted molar refractivity (Wildman–Crippen MR) is 81.4 cm³/mol. The Morgan fingerprint density at radius 3 is 2.67 bits per heavy atom. The molecule has 4 nitrogen and oxygen atoms in total. The van der Waals surface area contributed by atoms with Gasteiger partial charge in [0.2, 0.25) is 0 Å². The van der Waals surface area contributed by atoms with Gasteiger partial charge in [-0.3, -0.25) is 4.98 Å². The molecule has 2 aliphatic rings. The lowest BCUT2D eigenvalue weighted by atomic mass is 10.2. The quantitative estimate of drug-likeness (QED) is 0.865. The van der Waals surface area contributed by atoms with Crippen molar-refractivity contribution in [2.24, 2.45) is 5.73 Å². The molecule has 0 aliphatic carbocycles. The van der Waals surface area contributed by atoms with Gasteiger partial charge in [0.25, 0.3) is 0 Å². The third kappa shape index (κ3) is 3.19. The first-order chi connectivity index (χ1) is 7.36. The monoisotopic (exact) mass is 312 g/mol. The summed E-state index contributed by atoms with van der Waals surface area (Å²) >= 11 is 0. The van der Waals surface area contributed by atoms with Crippen LogP contribution in [0.4, 0.5) is 5.69 Å². The van der Waals surface area contributed by atoms with Crippen LogP contribution in [0.2, 0.25) is 0 Å². The molecule has 0 amide bonds. The molecule has 0 saturated carbocycles. The highest BCUT2D eigenvalue weighted by molar-refractivity contribution is 5.86. The van der Waals surface area contributed by atoms with E-state index in [4.69, 9.17) is 5.73 Å². The Bertz CT molecular complexity index is 377. The molecule has 1 aromatic heterocycles. The van der Waals surface area contributed by atoms with E-state index in [2.05, 4.69) is 21.3 Å². The van der Waals surface area contributed by atoms with Crippen molar-refractivity contribution in [3.63, 3.8) is 0 Å². The average molecular weight is 314 g/mol. The molecule has 3 heterocycles. The average Bonchev–Trinajstić information content (AvgIpc) is 2.91. The summed E-state index contributed by atoms with van der Waals surface area (Å²) in [7, 11) is 0. The van der Waals surface area contributed by atoms with Gasteiger partial charge < -0.3 is 16.0 Å². The van der Waals surface area contributed by atoms with Crippen molar-refractivity contribution in [3.8, 4) is 0 Å². The van der Waals surface area contributed by atoms with Gasteiger partial charge >= 0.3 is 0 Å². The van der Waals surface area contributed by atoms with Crippen LogP contribution in [0.25, 0.3) is 0 Å². The Balaban J connectivity index is 0.000000963. The first kappa shape index (κ1) is 17.7. The highest BCUT2D eigenvalue weighted by Crippen LogP contribution is 2.29. The lowest BCUT2D eigenvalue weighted by Crippen LogP contribution is -2.43. The standard InChI is InChI=1S/C11H16N4.3ClH/c12-3-8-1-10(5-13-4-8)15-7-9-2-11(15)6-14-9;;;/h1,4-5,9,11,14H,2-3,6-7,12H2;3*1H/t9-,11-;;;/m0.../s1. The minimum Gasteiger partial charge on any atom is -0.364 e. The Morgan fingerprint density at radius 1 is 1.33 bits per heavy atom. The fourth-order valence-corrected chi connectivity index (χ4v) is 2.62. The minimum absolute atomic E-state index is 0. The summed E-state index contributed by atoms with van der Waals surface area (Å²) in [4.78, 5) is 6.69. The number of hydrogen-bond acceptors (Lipinski definition) is 4. The smallest absolute Gasteiger partial charge is 0.0559 e. The largest absolute Gasteiger partial charge is 0.364 e. The number of rotatable bonds is 2. The van der Waals surface area contributed by atoms with Gasteiger partial charge in [-0.25, -0.2) is 0 Å². The number of nitrogens with zero attached hydrogens (tertiary/aromatic N) is 2. The SMILES string of the molecule is Cl.Cl.Cl.NCc1cncc(N2C[C@@H]3C[C@H]2CN3)c1. The molecule has 1 aromatic rings. The molecule has 2 aliphatic heterocycles. The van der Waals surface area contributed by atoms with E-state index in [0.717, 1.165) is 18.7 Å². The molecule has 2 saturated heterocycles. The van der Waals surface area contributed by atoms with Crippen LogP contribution in [-0.2, 0) is 6.54 Å². The van der Waals surface area contributed by atoms with Gasteiger partial charge in [0, 0.05) is 37.9 Å². The van der Waals surface area contributed by atoms with Crippen molar-refractivity contribution in [1.29, 1.82) is 0 Å². The summed E-state index contributed by atoms with van der Waals surface area (Å²) in [5.41, 5.74) is 7.97. The molecule has 2 fully saturated rings. The zero-order valence-corrected chi connectivity index (χ0v) is 12.4. The third-order valence-corrected chi connectivity index (χ3v) is 3.40. The van der Waals surface area contributed by atoms with E-state index in [1.54, 1.807) is 0 Å². The molecule has 7 heteroatoms. The van der Waals surface area contributed by atoms with Crippen LogP contribution in [0.3, 0.4) is 0 Å². The second-order valence-corrected chi connectivity index (χ2v) is 4.40. The van der Waals surface area contributed by atoms with E-state index in [-0.39, 0.29) is 37.2 Å². The van der Waals surface area contributed by atoms with Crippen molar-refractivity contribution in [2.75, 3.05) is 18.0 Å². The summed E-state index contributed by atoms with van der Waals surface area (Å²) in [6, 6.07) is 3.50. The summed E-state index contributed by atoms with van der Waals surface area (Å²) in [5, 5.41) is 3.50. The number of fused-ring (bicyclic) bond motifs is 2. The van der Waals surface area contributed by atoms with Crippen molar-refractivity contribution in [1.82, 2.24) is 10.3 Å². The molecule has 104 valence electrons. The number of halogens is 3. The van der Waals surface area contributed by atoms with E-state index < -0.39 is 0 Å². The van der Waals surface area contributed by atoms with Gasteiger partial charge in [-0.15, -0.1) is 37.2 Å². The summed E-state index contributed by atoms with van der Waals surface area (Å²) < 4.78 is 0. The van der Waals surface area contributed by atoms with Crippen LogP contribution >= 0.6 is 37.2 Å². The molecule has 3 rings (SSSR count). The molecular weight excluding hydrogens is 295 g/mol. The molecule has 0 spiro atoms. The topological polar surface area (TPSA) is 54.2 Å². The minimum atomic E-state index is 0. The summed E-state index contributed by atoms with van der Waals surface area (Å²) in [6.07, 6.45) is 5.06. The van der Waals surface area contributed by atoms with E-state index in [1.165, 1.54) is 12.1 Å². The summed E-state index contributed by atoms with van der Waals surface area (Å²) in [5.74, 6) is 0. The highest BCUT2D eigenvalue weighted by Gasteiger charge is 2.37. The number of hydrogen-bond donors (Lipinski definition) is 2. The van der Waals surface area contributed by atoms with Crippen LogP contribution < -0.4 is 16.0 Å². The number of anilines is 1. The first-order valence-electron chi connectivity index (χ1n) is 5.51. The third-order valence-electron chi connectivity index (χ3n) is 3.40. The summed E-state index contributed by atoms with van der Waals surface area (Å²) in [6.45, 7) is 2.79. The van der Waals surface area contributed by atoms with Gasteiger partial charge in [0.1, 0.15) is 0 Å². The van der Waals surface area contributed by atoms with Crippen LogP contribution in [0, 0.1) is 0 Å². The zero-order valence-electron chi connectivity index (χ0n) is 9.91. The Morgan fingerprint density at radius 2 is 2.11 bits per heavy atom. The Labute approximate surface area is 126 Å². The lowest BCUT2D eigenvalue weighted by molar-refractivity contribution is 0.579. The van der Waals surface area contributed by atoms with Gasteiger partial charge in [0.15, 0.2) is 0 Å². The van der Waals surface area contributed by atoms with Gasteiger partial charge in [-0.2, -0.15) is 0 Å². The van der Waals surface area contributed by atoms with E-state index in [9.17, 15) is 0 Å². The van der Waals surface area contributed by atoms with Crippen LogP contribution in [0.1, 0.15) is 12.0 Å². The fourth-order valence-electron chi connectivity index (χ4n) is 2.62. The van der Waals surface area contributed by atoms with E-state index >= 15 is 0 Å². The molecule has 2 bridgehead atoms. The van der Waals surface area contributed by atoms with Crippen molar-refractivity contribution in [2.45, 2.75) is 25.0 Å². The van der Waals surface area contributed by atoms with Gasteiger partial charge in [-0.1, -0.05) is 0 Å². The van der Waals surface area contributed by atoms with Crippen molar-refractivity contribution in [3.05, 3.63) is 24.0 Å². The van der Waals surface area contributed by atoms with Crippen LogP contribution in [-0.4, -0.2) is 30.2 Å². The maximum absolute atomic E-state index is 5.62. The number of aromatic nitrogens is 1. The first-order valence-corrected chi connectivity index (χ1v) is 5.51. The number of pyridine rings is 1. The van der Waals surface area contributed by atoms with E-state index in [1.807, 2.05) is 12.4 Å². The molecule has 0 radical (unpaired) electrons. The van der Waals surface area contributed by atoms with Crippen LogP contribution in [0.15, 0.2) is 18.5 Å². The van der Waals surface area contributed by atoms with Gasteiger partial charge in [0.05, 0.1) is 11.9 Å². The highest BCUT2D eigenvalue weighted by atomic mass is 35.5. The molecule has 0 aromatic carbocycles. The zero-order chi connectivity index (χ0) is 10.3. The molecular formula is C11H19Cl3N4. The fraction of sp³-hybridized carbons (Fsp3) is 0.545. The van der Waals surface area contributed by atoms with Gasteiger partial charge in [-0.05, 0) is 18.1 Å². The second-order valence-electron chi connectivity index (χ2n) is 4.40. The number of nitrogens with one attached hydrogen (secondary N) is 1. The second kappa shape index (κ2) is 7.36. The predicted octanol–water partition coefficient (Wildman–Crippen LogP) is 1.36. The van der Waals surface area contributed by atoms with Crippen molar-refractivity contribution >= 4 is 42.9 Å². The Hall–Kier alpha value is -0.260. The Kier molecular flexibility index (Phi) is 7.25. The molecule has 3 N–H and O–H groups in total. The number of nitrogens with two attached hydrogens (primary N) is 1. The maximum atomic E-state index is 5.62. The van der Waals surface area contributed by atoms with Crippen molar-refractivity contribution < 1.29 is 0 Å². The lowest BCUT2D eigenvalue weighted by Gasteiger charge is -2.29.